The number of hydrogen-bond donors (Lipinski definition) is 2. The van der Waals surface area contributed by atoms with Crippen LogP contribution in [-0.4, -0.2) is 16.2 Å². The van der Waals surface area contributed by atoms with E-state index in [1.165, 1.54) is 0 Å². The third-order valence-corrected chi connectivity index (χ3v) is 2.52. The first-order chi connectivity index (χ1) is 8.90. The minimum atomic E-state index is -1.44. The van der Waals surface area contributed by atoms with Gasteiger partial charge in [-0.05, 0) is 17.7 Å². The van der Waals surface area contributed by atoms with Crippen molar-refractivity contribution in [3.8, 4) is 16.9 Å². The molecule has 2 N–H and O–H groups in total. The molecule has 0 radical (unpaired) electrons. The lowest BCUT2D eigenvalue weighted by Gasteiger charge is -2.07. The molecule has 3 nitrogen and oxygen atoms in total. The van der Waals surface area contributed by atoms with E-state index in [0.29, 0.717) is 12.1 Å². The van der Waals surface area contributed by atoms with Gasteiger partial charge in [0.05, 0.1) is 5.56 Å². The van der Waals surface area contributed by atoms with Gasteiger partial charge in [0.15, 0.2) is 0 Å². The third kappa shape index (κ3) is 2.37. The van der Waals surface area contributed by atoms with Crippen molar-refractivity contribution in [1.82, 2.24) is 0 Å². The lowest BCUT2D eigenvalue weighted by atomic mass is 10.0. The summed E-state index contributed by atoms with van der Waals surface area (Å²) >= 11 is 0. The van der Waals surface area contributed by atoms with E-state index < -0.39 is 40.3 Å². The fourth-order valence-corrected chi connectivity index (χ4v) is 1.68. The highest BCUT2D eigenvalue weighted by Crippen LogP contribution is 2.30. The number of halogens is 3. The van der Waals surface area contributed by atoms with Crippen molar-refractivity contribution in [3.63, 3.8) is 0 Å². The Labute approximate surface area is 105 Å². The van der Waals surface area contributed by atoms with Crippen molar-refractivity contribution in [3.05, 3.63) is 53.3 Å². The Bertz CT molecular complexity index is 645. The summed E-state index contributed by atoms with van der Waals surface area (Å²) in [6, 6.07) is 4.04. The molecule has 0 atom stereocenters. The molecule has 2 aromatic carbocycles. The van der Waals surface area contributed by atoms with Crippen molar-refractivity contribution < 1.29 is 28.2 Å². The van der Waals surface area contributed by atoms with E-state index >= 15 is 0 Å². The zero-order chi connectivity index (χ0) is 14.2. The average molecular weight is 268 g/mol. The van der Waals surface area contributed by atoms with E-state index in [-0.39, 0.29) is 5.56 Å². The molecule has 0 aromatic heterocycles. The van der Waals surface area contributed by atoms with E-state index in [0.717, 1.165) is 18.2 Å². The first kappa shape index (κ1) is 12.9. The quantitative estimate of drug-likeness (QED) is 0.879. The summed E-state index contributed by atoms with van der Waals surface area (Å²) in [5, 5.41) is 18.1. The standard InChI is InChI=1S/C13H7F3O3/c14-7-4-9(15)12(10(16)5-7)6-1-2-11(17)8(3-6)13(18)19/h1-5,17H,(H,18,19). The van der Waals surface area contributed by atoms with Gasteiger partial charge in [0, 0.05) is 12.1 Å². The zero-order valence-corrected chi connectivity index (χ0v) is 9.32. The van der Waals surface area contributed by atoms with Crippen LogP contribution in [0.2, 0.25) is 0 Å². The van der Waals surface area contributed by atoms with Crippen LogP contribution in [0.25, 0.3) is 11.1 Å². The zero-order valence-electron chi connectivity index (χ0n) is 9.32. The van der Waals surface area contributed by atoms with Crippen LogP contribution in [0, 0.1) is 17.5 Å². The molecule has 0 heterocycles. The van der Waals surface area contributed by atoms with Crippen molar-refractivity contribution in [1.29, 1.82) is 0 Å². The molecule has 0 aliphatic carbocycles. The maximum absolute atomic E-state index is 13.5. The minimum absolute atomic E-state index is 0.106. The molecular formula is C13H7F3O3. The number of aromatic carboxylic acids is 1. The Morgan fingerprint density at radius 1 is 1.00 bits per heavy atom. The molecule has 0 fully saturated rings. The van der Waals surface area contributed by atoms with Crippen LogP contribution in [0.3, 0.4) is 0 Å². The van der Waals surface area contributed by atoms with Crippen molar-refractivity contribution in [2.75, 3.05) is 0 Å². The monoisotopic (exact) mass is 268 g/mol. The van der Waals surface area contributed by atoms with E-state index in [4.69, 9.17) is 5.11 Å². The van der Waals surface area contributed by atoms with Crippen LogP contribution in [0.4, 0.5) is 13.2 Å². The van der Waals surface area contributed by atoms with Gasteiger partial charge in [-0.3, -0.25) is 0 Å². The second-order valence-electron chi connectivity index (χ2n) is 3.78. The highest BCUT2D eigenvalue weighted by atomic mass is 19.1. The molecule has 0 aliphatic heterocycles. The van der Waals surface area contributed by atoms with Crippen LogP contribution in [-0.2, 0) is 0 Å². The molecular weight excluding hydrogens is 261 g/mol. The molecule has 2 aromatic rings. The molecule has 6 heteroatoms. The predicted octanol–water partition coefficient (Wildman–Crippen LogP) is 3.17. The Kier molecular flexibility index (Phi) is 3.16. The van der Waals surface area contributed by atoms with Crippen LogP contribution in [0.15, 0.2) is 30.3 Å². The molecule has 0 saturated heterocycles. The van der Waals surface area contributed by atoms with Gasteiger partial charge in [-0.2, -0.15) is 0 Å². The van der Waals surface area contributed by atoms with Gasteiger partial charge >= 0.3 is 5.97 Å². The summed E-state index contributed by atoms with van der Waals surface area (Å²) < 4.78 is 39.9. The molecule has 98 valence electrons. The van der Waals surface area contributed by atoms with Gasteiger partial charge in [0.1, 0.15) is 28.8 Å². The number of carbonyl (C=O) groups is 1. The number of carboxylic acids is 1. The summed E-state index contributed by atoms with van der Waals surface area (Å²) in [5.41, 5.74) is -1.16. The van der Waals surface area contributed by atoms with Crippen LogP contribution in [0.1, 0.15) is 10.4 Å². The number of carboxylic acid groups (broad SMARTS) is 1. The Balaban J connectivity index is 2.66. The SMILES string of the molecule is O=C(O)c1cc(-c2c(F)cc(F)cc2F)ccc1O. The van der Waals surface area contributed by atoms with E-state index in [1.807, 2.05) is 0 Å². The van der Waals surface area contributed by atoms with Crippen LogP contribution in [0.5, 0.6) is 5.75 Å². The lowest BCUT2D eigenvalue weighted by molar-refractivity contribution is 0.0693. The number of aromatic hydroxyl groups is 1. The summed E-state index contributed by atoms with van der Waals surface area (Å²) in [4.78, 5) is 10.8. The van der Waals surface area contributed by atoms with Gasteiger partial charge in [0.25, 0.3) is 0 Å². The minimum Gasteiger partial charge on any atom is -0.507 e. The first-order valence-corrected chi connectivity index (χ1v) is 5.11. The lowest BCUT2D eigenvalue weighted by Crippen LogP contribution is -1.99. The van der Waals surface area contributed by atoms with E-state index in [9.17, 15) is 23.1 Å². The van der Waals surface area contributed by atoms with Crippen LogP contribution < -0.4 is 0 Å². The maximum Gasteiger partial charge on any atom is 0.339 e. The summed E-state index contributed by atoms with van der Waals surface area (Å²) in [7, 11) is 0. The highest BCUT2D eigenvalue weighted by molar-refractivity contribution is 5.92. The van der Waals surface area contributed by atoms with Crippen molar-refractivity contribution in [2.45, 2.75) is 0 Å². The fourth-order valence-electron chi connectivity index (χ4n) is 1.68. The molecule has 0 unspecified atom stereocenters. The Morgan fingerprint density at radius 2 is 1.58 bits per heavy atom. The number of phenols is 1. The number of hydrogen-bond acceptors (Lipinski definition) is 2. The highest BCUT2D eigenvalue weighted by Gasteiger charge is 2.17. The Morgan fingerprint density at radius 3 is 2.11 bits per heavy atom. The van der Waals surface area contributed by atoms with Gasteiger partial charge in [0.2, 0.25) is 0 Å². The molecule has 0 saturated carbocycles. The second kappa shape index (κ2) is 4.64. The molecule has 0 aliphatic rings. The molecule has 0 spiro atoms. The molecule has 0 bridgehead atoms. The predicted molar refractivity (Wildman–Crippen MR) is 60.4 cm³/mol. The average Bonchev–Trinajstić information content (AvgIpc) is 2.29. The fraction of sp³-hybridized carbons (Fsp3) is 0. The van der Waals surface area contributed by atoms with Gasteiger partial charge in [-0.15, -0.1) is 0 Å². The first-order valence-electron chi connectivity index (χ1n) is 5.11. The van der Waals surface area contributed by atoms with Gasteiger partial charge < -0.3 is 10.2 Å². The summed E-state index contributed by atoms with van der Waals surface area (Å²) in [6.07, 6.45) is 0. The Hall–Kier alpha value is -2.50. The van der Waals surface area contributed by atoms with Gasteiger partial charge in [-0.1, -0.05) is 6.07 Å². The second-order valence-corrected chi connectivity index (χ2v) is 3.78. The van der Waals surface area contributed by atoms with Crippen molar-refractivity contribution in [2.24, 2.45) is 0 Å². The van der Waals surface area contributed by atoms with Crippen molar-refractivity contribution >= 4 is 5.97 Å². The molecule has 0 amide bonds. The third-order valence-electron chi connectivity index (χ3n) is 2.52. The molecule has 2 rings (SSSR count). The summed E-state index contributed by atoms with van der Waals surface area (Å²) in [5.74, 6) is -5.35. The number of benzene rings is 2. The maximum atomic E-state index is 13.5. The smallest absolute Gasteiger partial charge is 0.339 e. The molecule has 19 heavy (non-hydrogen) atoms. The summed E-state index contributed by atoms with van der Waals surface area (Å²) in [6.45, 7) is 0. The van der Waals surface area contributed by atoms with Crippen LogP contribution >= 0.6 is 0 Å². The topological polar surface area (TPSA) is 57.5 Å². The van der Waals surface area contributed by atoms with E-state index in [1.54, 1.807) is 0 Å². The van der Waals surface area contributed by atoms with E-state index in [2.05, 4.69) is 0 Å². The normalized spacial score (nSPS) is 10.5. The largest absolute Gasteiger partial charge is 0.507 e. The number of rotatable bonds is 2. The van der Waals surface area contributed by atoms with Gasteiger partial charge in [-0.25, -0.2) is 18.0 Å².